The summed E-state index contributed by atoms with van der Waals surface area (Å²) in [6, 6.07) is 0. The Labute approximate surface area is 131 Å². The molecule has 0 aromatic heterocycles. The first kappa shape index (κ1) is 17.0. The average Bonchev–Trinajstić information content (AvgIpc) is 3.01. The van der Waals surface area contributed by atoms with Crippen LogP contribution in [0.4, 0.5) is 0 Å². The molecular formula is C17H29O3S+. The SMILES string of the molecule is CC(C)=CCC1OC1(C)C1CC(=O)CCC1(O)C[S+](C)C. The van der Waals surface area contributed by atoms with Crippen molar-refractivity contribution in [1.29, 1.82) is 0 Å². The molecule has 0 radical (unpaired) electrons. The van der Waals surface area contributed by atoms with Gasteiger partial charge in [-0.05, 0) is 44.5 Å². The highest BCUT2D eigenvalue weighted by Crippen LogP contribution is 2.53. The van der Waals surface area contributed by atoms with Crippen molar-refractivity contribution in [3.8, 4) is 0 Å². The third-order valence-electron chi connectivity index (χ3n) is 4.87. The van der Waals surface area contributed by atoms with E-state index in [1.807, 2.05) is 0 Å². The van der Waals surface area contributed by atoms with Gasteiger partial charge >= 0.3 is 0 Å². The maximum absolute atomic E-state index is 11.9. The minimum Gasteiger partial charge on any atom is -0.385 e. The number of rotatable bonds is 5. The molecule has 1 saturated heterocycles. The van der Waals surface area contributed by atoms with Crippen LogP contribution in [0, 0.1) is 5.92 Å². The number of Topliss-reactive ketones (excluding diaryl/α,β-unsaturated/α-hetero) is 1. The summed E-state index contributed by atoms with van der Waals surface area (Å²) in [5, 5.41) is 11.1. The van der Waals surface area contributed by atoms with Crippen LogP contribution in [-0.4, -0.2) is 46.5 Å². The van der Waals surface area contributed by atoms with Crippen LogP contribution in [0.2, 0.25) is 0 Å². The van der Waals surface area contributed by atoms with Crippen molar-refractivity contribution in [1.82, 2.24) is 0 Å². The number of allylic oxidation sites excluding steroid dienone is 1. The maximum atomic E-state index is 11.9. The fourth-order valence-corrected chi connectivity index (χ4v) is 5.01. The van der Waals surface area contributed by atoms with Crippen molar-refractivity contribution < 1.29 is 14.6 Å². The molecule has 0 spiro atoms. The number of ketones is 1. The topological polar surface area (TPSA) is 49.8 Å². The highest BCUT2D eigenvalue weighted by molar-refractivity contribution is 7.95. The van der Waals surface area contributed by atoms with Crippen molar-refractivity contribution in [2.75, 3.05) is 18.3 Å². The molecule has 21 heavy (non-hydrogen) atoms. The number of hydrogen-bond donors (Lipinski definition) is 1. The van der Waals surface area contributed by atoms with Crippen molar-refractivity contribution in [2.24, 2.45) is 5.92 Å². The summed E-state index contributed by atoms with van der Waals surface area (Å²) in [4.78, 5) is 11.9. The first-order valence-corrected chi connectivity index (χ1v) is 9.98. The summed E-state index contributed by atoms with van der Waals surface area (Å²) in [6.07, 6.45) is 9.09. The normalized spacial score (nSPS) is 39.5. The van der Waals surface area contributed by atoms with E-state index in [0.717, 1.165) is 12.2 Å². The summed E-state index contributed by atoms with van der Waals surface area (Å²) in [6.45, 7) is 6.24. The Hall–Kier alpha value is -0.320. The van der Waals surface area contributed by atoms with E-state index in [4.69, 9.17) is 4.74 Å². The standard InChI is InChI=1S/C17H29O3S/c1-12(2)6-7-15-16(3,20-15)14-10-13(18)8-9-17(14,19)11-21(4)5/h6,14-15,19H,7-11H2,1-5H3/q+1. The Morgan fingerprint density at radius 3 is 2.71 bits per heavy atom. The minimum atomic E-state index is -0.741. The molecule has 4 heteroatoms. The number of carbonyl (C=O) groups excluding carboxylic acids is 1. The molecule has 3 nitrogen and oxygen atoms in total. The number of ether oxygens (including phenoxy) is 1. The third-order valence-corrected chi connectivity index (χ3v) is 5.94. The van der Waals surface area contributed by atoms with Crippen molar-refractivity contribution >= 4 is 16.7 Å². The third kappa shape index (κ3) is 3.72. The molecule has 2 aliphatic rings. The highest BCUT2D eigenvalue weighted by Gasteiger charge is 2.64. The smallest absolute Gasteiger partial charge is 0.136 e. The number of carbonyl (C=O) groups is 1. The zero-order chi connectivity index (χ0) is 15.8. The summed E-state index contributed by atoms with van der Waals surface area (Å²) in [5.74, 6) is 0.991. The number of epoxide rings is 1. The summed E-state index contributed by atoms with van der Waals surface area (Å²) >= 11 is 0. The van der Waals surface area contributed by atoms with Crippen LogP contribution < -0.4 is 0 Å². The predicted molar refractivity (Wildman–Crippen MR) is 88.7 cm³/mol. The first-order chi connectivity index (χ1) is 9.67. The van der Waals surface area contributed by atoms with E-state index < -0.39 is 5.60 Å². The van der Waals surface area contributed by atoms with Crippen LogP contribution in [0.5, 0.6) is 0 Å². The van der Waals surface area contributed by atoms with Crippen LogP contribution in [0.1, 0.15) is 46.5 Å². The van der Waals surface area contributed by atoms with Crippen molar-refractivity contribution in [3.05, 3.63) is 11.6 Å². The van der Waals surface area contributed by atoms with Gasteiger partial charge < -0.3 is 9.84 Å². The van der Waals surface area contributed by atoms with Gasteiger partial charge in [0.1, 0.15) is 17.1 Å². The molecule has 0 aromatic rings. The lowest BCUT2D eigenvalue weighted by molar-refractivity contribution is -0.132. The van der Waals surface area contributed by atoms with Gasteiger partial charge in [-0.1, -0.05) is 11.6 Å². The Morgan fingerprint density at radius 1 is 1.48 bits per heavy atom. The second-order valence-corrected chi connectivity index (χ2v) is 9.60. The van der Waals surface area contributed by atoms with Gasteiger partial charge in [0.25, 0.3) is 0 Å². The van der Waals surface area contributed by atoms with E-state index >= 15 is 0 Å². The van der Waals surface area contributed by atoms with Crippen LogP contribution in [0.3, 0.4) is 0 Å². The van der Waals surface area contributed by atoms with E-state index in [-0.39, 0.29) is 34.3 Å². The van der Waals surface area contributed by atoms with Gasteiger partial charge in [-0.25, -0.2) is 0 Å². The van der Waals surface area contributed by atoms with Gasteiger partial charge in [-0.15, -0.1) is 0 Å². The zero-order valence-electron chi connectivity index (χ0n) is 13.9. The monoisotopic (exact) mass is 313 g/mol. The Kier molecular flexibility index (Phi) is 4.91. The lowest BCUT2D eigenvalue weighted by Gasteiger charge is -2.40. The molecule has 0 amide bonds. The maximum Gasteiger partial charge on any atom is 0.136 e. The average molecular weight is 313 g/mol. The molecule has 4 unspecified atom stereocenters. The van der Waals surface area contributed by atoms with E-state index in [1.165, 1.54) is 5.57 Å². The molecule has 0 aromatic carbocycles. The molecule has 1 heterocycles. The fourth-order valence-electron chi connectivity index (χ4n) is 3.66. The summed E-state index contributed by atoms with van der Waals surface area (Å²) in [7, 11) is 0.157. The fraction of sp³-hybridized carbons (Fsp3) is 0.824. The van der Waals surface area contributed by atoms with Gasteiger partial charge in [0, 0.05) is 18.8 Å². The van der Waals surface area contributed by atoms with E-state index in [2.05, 4.69) is 39.4 Å². The molecule has 1 N–H and O–H groups in total. The molecule has 0 bridgehead atoms. The van der Waals surface area contributed by atoms with E-state index in [9.17, 15) is 9.90 Å². The van der Waals surface area contributed by atoms with Gasteiger partial charge in [0.2, 0.25) is 0 Å². The predicted octanol–water partition coefficient (Wildman–Crippen LogP) is 2.48. The van der Waals surface area contributed by atoms with Gasteiger partial charge in [-0.3, -0.25) is 4.79 Å². The van der Waals surface area contributed by atoms with Gasteiger partial charge in [-0.2, -0.15) is 0 Å². The van der Waals surface area contributed by atoms with Crippen LogP contribution in [-0.2, 0) is 20.4 Å². The van der Waals surface area contributed by atoms with Crippen molar-refractivity contribution in [2.45, 2.75) is 63.8 Å². The summed E-state index contributed by atoms with van der Waals surface area (Å²) < 4.78 is 5.97. The molecule has 4 atom stereocenters. The Morgan fingerprint density at radius 2 is 2.14 bits per heavy atom. The second kappa shape index (κ2) is 6.05. The molecule has 1 aliphatic heterocycles. The largest absolute Gasteiger partial charge is 0.385 e. The quantitative estimate of drug-likeness (QED) is 0.482. The molecule has 1 aliphatic carbocycles. The Bertz CT molecular complexity index is 441. The van der Waals surface area contributed by atoms with E-state index in [0.29, 0.717) is 19.3 Å². The van der Waals surface area contributed by atoms with Gasteiger partial charge in [0.05, 0.1) is 24.2 Å². The minimum absolute atomic E-state index is 0.0586. The van der Waals surface area contributed by atoms with Crippen LogP contribution in [0.15, 0.2) is 11.6 Å². The van der Waals surface area contributed by atoms with Crippen LogP contribution in [0.25, 0.3) is 0 Å². The number of aliphatic hydroxyl groups is 1. The molecular weight excluding hydrogens is 284 g/mol. The zero-order valence-corrected chi connectivity index (χ0v) is 14.8. The van der Waals surface area contributed by atoms with Gasteiger partial charge in [0.15, 0.2) is 0 Å². The van der Waals surface area contributed by atoms with E-state index in [1.54, 1.807) is 0 Å². The Balaban J connectivity index is 2.14. The highest BCUT2D eigenvalue weighted by atomic mass is 32.2. The lowest BCUT2D eigenvalue weighted by atomic mass is 9.68. The molecule has 2 rings (SSSR count). The molecule has 2 fully saturated rings. The van der Waals surface area contributed by atoms with Crippen LogP contribution >= 0.6 is 0 Å². The lowest BCUT2D eigenvalue weighted by Crippen LogP contribution is -2.53. The second-order valence-electron chi connectivity index (χ2n) is 7.34. The molecule has 1 saturated carbocycles. The summed E-state index contributed by atoms with van der Waals surface area (Å²) in [5.41, 5.74) is 0.206. The first-order valence-electron chi connectivity index (χ1n) is 7.77. The number of hydrogen-bond acceptors (Lipinski definition) is 3. The van der Waals surface area contributed by atoms with Crippen molar-refractivity contribution in [3.63, 3.8) is 0 Å². The molecule has 120 valence electrons.